The first-order chi connectivity index (χ1) is 9.87. The molecule has 0 aliphatic carbocycles. The lowest BCUT2D eigenvalue weighted by molar-refractivity contribution is -0.147. The zero-order chi connectivity index (χ0) is 15.9. The molecule has 0 saturated heterocycles. The highest BCUT2D eigenvalue weighted by Gasteiger charge is 2.30. The Kier molecular flexibility index (Phi) is 7.65. The fourth-order valence-electron chi connectivity index (χ4n) is 2.19. The van der Waals surface area contributed by atoms with Gasteiger partial charge in [-0.1, -0.05) is 34.1 Å². The molecule has 1 unspecified atom stereocenters. The molecule has 1 aromatic rings. The van der Waals surface area contributed by atoms with Crippen LogP contribution >= 0.6 is 15.9 Å². The lowest BCUT2D eigenvalue weighted by Gasteiger charge is -2.26. The third-order valence-electron chi connectivity index (χ3n) is 3.18. The summed E-state index contributed by atoms with van der Waals surface area (Å²) in [5.41, 5.74) is 1.01. The highest BCUT2D eigenvalue weighted by Crippen LogP contribution is 2.26. The molecule has 7 heteroatoms. The number of aliphatic hydroxyl groups excluding tert-OH is 1. The van der Waals surface area contributed by atoms with Gasteiger partial charge in [0.05, 0.1) is 13.2 Å². The number of nitrogens with zero attached hydrogens (tertiary/aromatic N) is 1. The fraction of sp³-hybridized carbons (Fsp3) is 0.571. The molecule has 0 aliphatic heterocycles. The van der Waals surface area contributed by atoms with Gasteiger partial charge >= 0.3 is 6.18 Å². The van der Waals surface area contributed by atoms with E-state index in [4.69, 9.17) is 5.11 Å². The van der Waals surface area contributed by atoms with Crippen LogP contribution in [0, 0.1) is 0 Å². The standard InChI is InChI=1S/C14H20BrF3N2O/c1-19-13(11-4-2-3-5-12(11)15)6-7-20(8-9-21)10-14(16,17)18/h2-5,13,19,21H,6-10H2,1H3. The first kappa shape index (κ1) is 18.4. The molecule has 0 bridgehead atoms. The van der Waals surface area contributed by atoms with E-state index in [1.807, 2.05) is 24.3 Å². The summed E-state index contributed by atoms with van der Waals surface area (Å²) in [6.45, 7) is -1.01. The van der Waals surface area contributed by atoms with E-state index in [0.29, 0.717) is 6.42 Å². The van der Waals surface area contributed by atoms with Crippen molar-refractivity contribution in [3.05, 3.63) is 34.3 Å². The van der Waals surface area contributed by atoms with Crippen LogP contribution in [-0.2, 0) is 0 Å². The van der Waals surface area contributed by atoms with E-state index in [0.717, 1.165) is 10.0 Å². The Bertz CT molecular complexity index is 429. The summed E-state index contributed by atoms with van der Waals surface area (Å²) >= 11 is 3.45. The van der Waals surface area contributed by atoms with Gasteiger partial charge in [0, 0.05) is 23.6 Å². The molecule has 0 fully saturated rings. The van der Waals surface area contributed by atoms with Gasteiger partial charge in [-0.3, -0.25) is 4.90 Å². The van der Waals surface area contributed by atoms with Crippen LogP contribution in [0.25, 0.3) is 0 Å². The summed E-state index contributed by atoms with van der Waals surface area (Å²) in [6, 6.07) is 7.58. The van der Waals surface area contributed by atoms with Crippen LogP contribution in [-0.4, -0.2) is 49.5 Å². The number of benzene rings is 1. The minimum Gasteiger partial charge on any atom is -0.395 e. The molecule has 120 valence electrons. The fourth-order valence-corrected chi connectivity index (χ4v) is 2.75. The van der Waals surface area contributed by atoms with Gasteiger partial charge in [-0.2, -0.15) is 13.2 Å². The Morgan fingerprint density at radius 1 is 1.29 bits per heavy atom. The normalized spacial score (nSPS) is 13.7. The van der Waals surface area contributed by atoms with Crippen LogP contribution in [0.1, 0.15) is 18.0 Å². The van der Waals surface area contributed by atoms with E-state index in [1.165, 1.54) is 4.90 Å². The van der Waals surface area contributed by atoms with Crippen molar-refractivity contribution in [1.82, 2.24) is 10.2 Å². The lowest BCUT2D eigenvalue weighted by atomic mass is 10.0. The highest BCUT2D eigenvalue weighted by atomic mass is 79.9. The molecule has 0 saturated carbocycles. The maximum Gasteiger partial charge on any atom is 0.401 e. The molecule has 1 atom stereocenters. The number of halogens is 4. The predicted molar refractivity (Wildman–Crippen MR) is 80.1 cm³/mol. The van der Waals surface area contributed by atoms with Crippen molar-refractivity contribution in [2.24, 2.45) is 0 Å². The second-order valence-corrected chi connectivity index (χ2v) is 5.62. The van der Waals surface area contributed by atoms with Gasteiger partial charge in [0.25, 0.3) is 0 Å². The molecule has 1 aromatic carbocycles. The summed E-state index contributed by atoms with van der Waals surface area (Å²) < 4.78 is 38.4. The highest BCUT2D eigenvalue weighted by molar-refractivity contribution is 9.10. The van der Waals surface area contributed by atoms with Crippen LogP contribution in [0.15, 0.2) is 28.7 Å². The van der Waals surface area contributed by atoms with Gasteiger partial charge in [0.2, 0.25) is 0 Å². The minimum absolute atomic E-state index is 0.0197. The van der Waals surface area contributed by atoms with Crippen molar-refractivity contribution < 1.29 is 18.3 Å². The van der Waals surface area contributed by atoms with Crippen LogP contribution in [0.4, 0.5) is 13.2 Å². The molecule has 3 nitrogen and oxygen atoms in total. The van der Waals surface area contributed by atoms with Crippen molar-refractivity contribution in [3.8, 4) is 0 Å². The van der Waals surface area contributed by atoms with E-state index in [2.05, 4.69) is 21.2 Å². The maximum absolute atomic E-state index is 12.5. The van der Waals surface area contributed by atoms with Crippen molar-refractivity contribution in [1.29, 1.82) is 0 Å². The maximum atomic E-state index is 12.5. The number of aliphatic hydroxyl groups is 1. The molecule has 21 heavy (non-hydrogen) atoms. The first-order valence-electron chi connectivity index (χ1n) is 6.69. The average Bonchev–Trinajstić information content (AvgIpc) is 2.39. The molecule has 0 radical (unpaired) electrons. The topological polar surface area (TPSA) is 35.5 Å². The Hall–Kier alpha value is -0.630. The Balaban J connectivity index is 2.66. The van der Waals surface area contributed by atoms with Crippen LogP contribution in [0.2, 0.25) is 0 Å². The Morgan fingerprint density at radius 2 is 1.95 bits per heavy atom. The molecule has 1 rings (SSSR count). The molecular formula is C14H20BrF3N2O. The third kappa shape index (κ3) is 6.78. The molecular weight excluding hydrogens is 349 g/mol. The minimum atomic E-state index is -4.25. The van der Waals surface area contributed by atoms with Crippen LogP contribution in [0.3, 0.4) is 0 Å². The predicted octanol–water partition coefficient (Wildman–Crippen LogP) is 2.96. The van der Waals surface area contributed by atoms with Crippen LogP contribution < -0.4 is 5.32 Å². The Morgan fingerprint density at radius 3 is 2.48 bits per heavy atom. The molecule has 0 spiro atoms. The van der Waals surface area contributed by atoms with E-state index in [-0.39, 0.29) is 25.7 Å². The van der Waals surface area contributed by atoms with Crippen molar-refractivity contribution in [2.45, 2.75) is 18.6 Å². The average molecular weight is 369 g/mol. The van der Waals surface area contributed by atoms with E-state index < -0.39 is 12.7 Å². The van der Waals surface area contributed by atoms with Crippen molar-refractivity contribution >= 4 is 15.9 Å². The first-order valence-corrected chi connectivity index (χ1v) is 7.48. The van der Waals surface area contributed by atoms with E-state index in [1.54, 1.807) is 7.05 Å². The monoisotopic (exact) mass is 368 g/mol. The van der Waals surface area contributed by atoms with E-state index in [9.17, 15) is 13.2 Å². The number of nitrogens with one attached hydrogen (secondary N) is 1. The number of hydrogen-bond donors (Lipinski definition) is 2. The Labute approximate surface area is 131 Å². The zero-order valence-electron chi connectivity index (χ0n) is 11.8. The lowest BCUT2D eigenvalue weighted by Crippen LogP contribution is -2.38. The van der Waals surface area contributed by atoms with Gasteiger partial charge in [-0.05, 0) is 25.1 Å². The van der Waals surface area contributed by atoms with E-state index >= 15 is 0 Å². The quantitative estimate of drug-likeness (QED) is 0.740. The third-order valence-corrected chi connectivity index (χ3v) is 3.90. The van der Waals surface area contributed by atoms with Gasteiger partial charge in [0.1, 0.15) is 0 Å². The van der Waals surface area contributed by atoms with Gasteiger partial charge in [-0.25, -0.2) is 0 Å². The van der Waals surface area contributed by atoms with Gasteiger partial charge in [-0.15, -0.1) is 0 Å². The number of rotatable bonds is 8. The second-order valence-electron chi connectivity index (χ2n) is 4.77. The SMILES string of the molecule is CNC(CCN(CCO)CC(F)(F)F)c1ccccc1Br. The number of hydrogen-bond acceptors (Lipinski definition) is 3. The molecule has 0 amide bonds. The summed E-state index contributed by atoms with van der Waals surface area (Å²) in [5, 5.41) is 12.0. The van der Waals surface area contributed by atoms with Crippen molar-refractivity contribution in [3.63, 3.8) is 0 Å². The summed E-state index contributed by atoms with van der Waals surface area (Å²) in [4.78, 5) is 1.22. The summed E-state index contributed by atoms with van der Waals surface area (Å²) in [5.74, 6) is 0. The molecule has 2 N–H and O–H groups in total. The zero-order valence-corrected chi connectivity index (χ0v) is 13.4. The largest absolute Gasteiger partial charge is 0.401 e. The summed E-state index contributed by atoms with van der Waals surface area (Å²) in [7, 11) is 1.78. The molecule has 0 aliphatic rings. The number of alkyl halides is 3. The smallest absolute Gasteiger partial charge is 0.395 e. The molecule has 0 aromatic heterocycles. The van der Waals surface area contributed by atoms with Crippen molar-refractivity contribution in [2.75, 3.05) is 33.3 Å². The second kappa shape index (κ2) is 8.73. The summed E-state index contributed by atoms with van der Waals surface area (Å²) in [6.07, 6.45) is -3.73. The van der Waals surface area contributed by atoms with Crippen LogP contribution in [0.5, 0.6) is 0 Å². The van der Waals surface area contributed by atoms with Gasteiger partial charge < -0.3 is 10.4 Å². The molecule has 0 heterocycles. The van der Waals surface area contributed by atoms with Gasteiger partial charge in [0.15, 0.2) is 0 Å².